The molecule has 5 aliphatic rings. The first-order valence-electron chi connectivity index (χ1n) is 17.0. The van der Waals surface area contributed by atoms with Crippen LogP contribution in [0.2, 0.25) is 0 Å². The molecule has 5 aliphatic carbocycles. The zero-order valence-electron chi connectivity index (χ0n) is 28.8. The van der Waals surface area contributed by atoms with Gasteiger partial charge in [-0.3, -0.25) is 4.79 Å². The Hall–Kier alpha value is -2.03. The topological polar surface area (TPSA) is 130 Å². The molecule has 0 heterocycles. The van der Waals surface area contributed by atoms with Gasteiger partial charge in [0, 0.05) is 17.9 Å². The van der Waals surface area contributed by atoms with Crippen molar-refractivity contribution in [1.29, 1.82) is 0 Å². The van der Waals surface area contributed by atoms with Crippen LogP contribution in [0.4, 0.5) is 0 Å². The van der Waals surface area contributed by atoms with E-state index in [1.807, 2.05) is 20.8 Å². The Kier molecular flexibility index (Phi) is 8.40. The summed E-state index contributed by atoms with van der Waals surface area (Å²) in [5.74, 6) is -1.02. The minimum Gasteiger partial charge on any atom is -0.465 e. The number of esters is 2. The van der Waals surface area contributed by atoms with E-state index in [1.165, 1.54) is 12.5 Å². The van der Waals surface area contributed by atoms with Crippen molar-refractivity contribution in [3.63, 3.8) is 0 Å². The molecule has 12 atom stereocenters. The Morgan fingerprint density at radius 3 is 2.22 bits per heavy atom. The molecule has 0 bridgehead atoms. The lowest BCUT2D eigenvalue weighted by molar-refractivity contribution is -0.261. The van der Waals surface area contributed by atoms with Crippen molar-refractivity contribution < 1.29 is 39.2 Å². The van der Waals surface area contributed by atoms with Gasteiger partial charge in [0.1, 0.15) is 25.1 Å². The van der Waals surface area contributed by atoms with Crippen molar-refractivity contribution in [1.82, 2.24) is 0 Å². The maximum absolute atomic E-state index is 13.0. The molecule has 0 aromatic carbocycles. The van der Waals surface area contributed by atoms with Gasteiger partial charge in [0.15, 0.2) is 0 Å². The minimum absolute atomic E-state index is 0.0611. The Bertz CT molecular complexity index is 1300. The van der Waals surface area contributed by atoms with Gasteiger partial charge in [0.05, 0.1) is 23.0 Å². The molecule has 8 heteroatoms. The van der Waals surface area contributed by atoms with Gasteiger partial charge in [-0.25, -0.2) is 4.79 Å². The van der Waals surface area contributed by atoms with E-state index in [0.29, 0.717) is 24.8 Å². The van der Waals surface area contributed by atoms with Crippen molar-refractivity contribution >= 4 is 18.2 Å². The molecule has 0 aromatic rings. The molecule has 252 valence electrons. The standard InChI is InChI=1S/C37H56O8/c1-10-21(2)31(43)45-30-29(42)37(20-44-22(3)39)24(17-32(30,4)5)23-11-12-26-33(6)15-14-27(40)34(7,19-38)25(33)13-16-35(26,8)36(23,9)18-28(37)41/h10-11,19,24-30,40-42H,12-18,20H2,1-9H3/b21-10+/t24-,25+,26+,27-,28+,29-,30-,33-,34-,35+,36+,37-/m0/s1. The summed E-state index contributed by atoms with van der Waals surface area (Å²) in [6, 6.07) is 0. The number of carbonyl (C=O) groups is 3. The molecular weight excluding hydrogens is 572 g/mol. The molecule has 4 fully saturated rings. The molecule has 0 saturated heterocycles. The summed E-state index contributed by atoms with van der Waals surface area (Å²) in [5.41, 5.74) is -1.87. The second-order valence-corrected chi connectivity index (χ2v) is 16.9. The number of aliphatic hydroxyl groups is 3. The van der Waals surface area contributed by atoms with E-state index in [0.717, 1.165) is 32.0 Å². The van der Waals surface area contributed by atoms with Gasteiger partial charge in [0.25, 0.3) is 0 Å². The number of aliphatic hydroxyl groups excluding tert-OH is 3. The molecule has 0 unspecified atom stereocenters. The number of allylic oxidation sites excluding steroid dienone is 3. The maximum Gasteiger partial charge on any atom is 0.333 e. The summed E-state index contributed by atoms with van der Waals surface area (Å²) in [7, 11) is 0. The summed E-state index contributed by atoms with van der Waals surface area (Å²) in [6.45, 7) is 17.5. The van der Waals surface area contributed by atoms with Crippen LogP contribution < -0.4 is 0 Å². The summed E-state index contributed by atoms with van der Waals surface area (Å²) in [4.78, 5) is 37.7. The van der Waals surface area contributed by atoms with Gasteiger partial charge in [0.2, 0.25) is 0 Å². The maximum atomic E-state index is 13.0. The number of fused-ring (bicyclic) bond motifs is 7. The summed E-state index contributed by atoms with van der Waals surface area (Å²) in [5, 5.41) is 35.6. The van der Waals surface area contributed by atoms with Gasteiger partial charge in [-0.05, 0) is 92.8 Å². The minimum atomic E-state index is -1.27. The average molecular weight is 629 g/mol. The number of hydrogen-bond donors (Lipinski definition) is 3. The first-order valence-corrected chi connectivity index (χ1v) is 17.0. The van der Waals surface area contributed by atoms with Crippen LogP contribution in [0.15, 0.2) is 23.3 Å². The summed E-state index contributed by atoms with van der Waals surface area (Å²) >= 11 is 0. The normalized spacial score (nSPS) is 48.8. The van der Waals surface area contributed by atoms with Crippen molar-refractivity contribution in [2.75, 3.05) is 6.61 Å². The highest BCUT2D eigenvalue weighted by Gasteiger charge is 2.73. The van der Waals surface area contributed by atoms with Crippen molar-refractivity contribution in [2.45, 2.75) is 132 Å². The van der Waals surface area contributed by atoms with E-state index in [1.54, 1.807) is 19.9 Å². The van der Waals surface area contributed by atoms with E-state index >= 15 is 0 Å². The van der Waals surface area contributed by atoms with Crippen LogP contribution in [0.1, 0.15) is 107 Å². The highest BCUT2D eigenvalue weighted by molar-refractivity contribution is 5.87. The lowest BCUT2D eigenvalue weighted by atomic mass is 9.33. The summed E-state index contributed by atoms with van der Waals surface area (Å²) in [6.07, 6.45) is 5.93. The van der Waals surface area contributed by atoms with Crippen LogP contribution in [0, 0.1) is 50.2 Å². The largest absolute Gasteiger partial charge is 0.465 e. The van der Waals surface area contributed by atoms with E-state index in [9.17, 15) is 29.7 Å². The molecule has 0 radical (unpaired) electrons. The molecule has 4 saturated carbocycles. The number of rotatable bonds is 5. The van der Waals surface area contributed by atoms with Crippen LogP contribution in [0.5, 0.6) is 0 Å². The number of hydrogen-bond acceptors (Lipinski definition) is 8. The third-order valence-electron chi connectivity index (χ3n) is 14.6. The van der Waals surface area contributed by atoms with Gasteiger partial charge in [-0.1, -0.05) is 59.3 Å². The highest BCUT2D eigenvalue weighted by atomic mass is 16.6. The molecule has 5 rings (SSSR count). The smallest absolute Gasteiger partial charge is 0.333 e. The average Bonchev–Trinajstić information content (AvgIpc) is 2.96. The molecule has 45 heavy (non-hydrogen) atoms. The molecule has 0 amide bonds. The van der Waals surface area contributed by atoms with Crippen LogP contribution in [0.25, 0.3) is 0 Å². The molecule has 3 N–H and O–H groups in total. The zero-order valence-corrected chi connectivity index (χ0v) is 28.8. The van der Waals surface area contributed by atoms with E-state index in [-0.39, 0.29) is 35.2 Å². The zero-order chi connectivity index (χ0) is 33.5. The SMILES string of the molecule is C/C=C(\C)C(=O)O[C@H]1[C@H](O)[C@]2(COC(C)=O)[C@H](O)C[C@]3(C)C(=CC[C@@H]4[C@@]5(C)CC[C@H](O)[C@@](C)(C=O)[C@@H]5CC[C@]43C)[C@@H]2CC1(C)C. The second-order valence-electron chi connectivity index (χ2n) is 16.9. The highest BCUT2D eigenvalue weighted by Crippen LogP contribution is 2.75. The first kappa shape index (κ1) is 34.3. The third kappa shape index (κ3) is 4.58. The monoisotopic (exact) mass is 628 g/mol. The summed E-state index contributed by atoms with van der Waals surface area (Å²) < 4.78 is 11.7. The van der Waals surface area contributed by atoms with E-state index < -0.39 is 58.0 Å². The Balaban J connectivity index is 1.62. The third-order valence-corrected chi connectivity index (χ3v) is 14.6. The van der Waals surface area contributed by atoms with E-state index in [2.05, 4.69) is 26.8 Å². The van der Waals surface area contributed by atoms with Crippen molar-refractivity contribution in [2.24, 2.45) is 50.2 Å². The quantitative estimate of drug-likeness (QED) is 0.161. The van der Waals surface area contributed by atoms with Crippen molar-refractivity contribution in [3.8, 4) is 0 Å². The van der Waals surface area contributed by atoms with Gasteiger partial charge in [-0.2, -0.15) is 0 Å². The predicted molar refractivity (Wildman–Crippen MR) is 170 cm³/mol. The Morgan fingerprint density at radius 1 is 0.956 bits per heavy atom. The van der Waals surface area contributed by atoms with Gasteiger partial charge < -0.3 is 29.6 Å². The van der Waals surface area contributed by atoms with Gasteiger partial charge >= 0.3 is 11.9 Å². The Labute approximate surface area is 269 Å². The predicted octanol–water partition coefficient (Wildman–Crippen LogP) is 5.32. The van der Waals surface area contributed by atoms with Crippen LogP contribution in [-0.4, -0.2) is 64.6 Å². The Morgan fingerprint density at radius 2 is 1.62 bits per heavy atom. The van der Waals surface area contributed by atoms with Crippen LogP contribution in [0.3, 0.4) is 0 Å². The lowest BCUT2D eigenvalue weighted by Gasteiger charge is -2.72. The number of aldehydes is 1. The molecule has 0 spiro atoms. The van der Waals surface area contributed by atoms with E-state index in [4.69, 9.17) is 9.47 Å². The fourth-order valence-corrected chi connectivity index (χ4v) is 11.5. The molecule has 8 nitrogen and oxygen atoms in total. The fraction of sp³-hybridized carbons (Fsp3) is 0.811. The molecular formula is C37H56O8. The first-order chi connectivity index (χ1) is 20.8. The van der Waals surface area contributed by atoms with Crippen LogP contribution >= 0.6 is 0 Å². The molecule has 0 aliphatic heterocycles. The molecule has 0 aromatic heterocycles. The fourth-order valence-electron chi connectivity index (χ4n) is 11.5. The number of ether oxygens (including phenoxy) is 2. The lowest BCUT2D eigenvalue weighted by Crippen LogP contribution is -2.72. The number of carbonyl (C=O) groups excluding carboxylic acids is 3. The van der Waals surface area contributed by atoms with Crippen LogP contribution in [-0.2, 0) is 23.9 Å². The van der Waals surface area contributed by atoms with Crippen molar-refractivity contribution in [3.05, 3.63) is 23.3 Å². The van der Waals surface area contributed by atoms with Gasteiger partial charge in [-0.15, -0.1) is 0 Å². The second kappa shape index (κ2) is 11.0.